The molecule has 2 aromatic heterocycles. The van der Waals surface area contributed by atoms with Gasteiger partial charge >= 0.3 is 0 Å². The topological polar surface area (TPSA) is 80.9 Å². The first-order chi connectivity index (χ1) is 10.6. The molecule has 0 radical (unpaired) electrons. The zero-order valence-corrected chi connectivity index (χ0v) is 12.2. The highest BCUT2D eigenvalue weighted by Crippen LogP contribution is 2.25. The quantitative estimate of drug-likeness (QED) is 0.803. The first-order valence-corrected chi connectivity index (χ1v) is 6.77. The van der Waals surface area contributed by atoms with Crippen LogP contribution in [0.15, 0.2) is 47.1 Å². The number of aryl methyl sites for hydroxylation is 1. The molecule has 6 nitrogen and oxygen atoms in total. The average Bonchev–Trinajstić information content (AvgIpc) is 3.00. The molecule has 0 saturated carbocycles. The van der Waals surface area contributed by atoms with E-state index in [1.807, 2.05) is 37.3 Å². The Hall–Kier alpha value is -3.02. The minimum absolute atomic E-state index is 0.123. The number of nitrogens with one attached hydrogen (secondary N) is 1. The second-order valence-corrected chi connectivity index (χ2v) is 4.85. The SMILES string of the molecule is CC(=O)Nc1cc(-c2noc(-c3ccccn3)n2)ccc1C. The van der Waals surface area contributed by atoms with Gasteiger partial charge in [-0.2, -0.15) is 4.98 Å². The number of carbonyl (C=O) groups excluding carboxylic acids is 1. The van der Waals surface area contributed by atoms with Gasteiger partial charge in [0, 0.05) is 24.4 Å². The number of benzene rings is 1. The number of pyridine rings is 1. The summed E-state index contributed by atoms with van der Waals surface area (Å²) >= 11 is 0. The minimum Gasteiger partial charge on any atom is -0.332 e. The molecule has 3 aromatic rings. The fraction of sp³-hybridized carbons (Fsp3) is 0.125. The third kappa shape index (κ3) is 2.85. The summed E-state index contributed by atoms with van der Waals surface area (Å²) in [6, 6.07) is 11.1. The van der Waals surface area contributed by atoms with Crippen molar-refractivity contribution in [2.75, 3.05) is 5.32 Å². The van der Waals surface area contributed by atoms with Crippen molar-refractivity contribution in [2.45, 2.75) is 13.8 Å². The maximum absolute atomic E-state index is 11.2. The van der Waals surface area contributed by atoms with Crippen molar-refractivity contribution < 1.29 is 9.32 Å². The minimum atomic E-state index is -0.123. The van der Waals surface area contributed by atoms with Crippen LogP contribution >= 0.6 is 0 Å². The fourth-order valence-electron chi connectivity index (χ4n) is 2.02. The van der Waals surface area contributed by atoms with Gasteiger partial charge in [-0.25, -0.2) is 0 Å². The van der Waals surface area contributed by atoms with Gasteiger partial charge in [0.25, 0.3) is 5.89 Å². The number of amides is 1. The summed E-state index contributed by atoms with van der Waals surface area (Å²) in [6.45, 7) is 3.39. The number of anilines is 1. The molecular weight excluding hydrogens is 280 g/mol. The Balaban J connectivity index is 1.95. The zero-order valence-electron chi connectivity index (χ0n) is 12.2. The third-order valence-electron chi connectivity index (χ3n) is 3.12. The van der Waals surface area contributed by atoms with E-state index in [9.17, 15) is 4.79 Å². The molecule has 0 atom stereocenters. The van der Waals surface area contributed by atoms with Crippen molar-refractivity contribution >= 4 is 11.6 Å². The molecule has 0 aliphatic carbocycles. The van der Waals surface area contributed by atoms with Crippen LogP contribution in [-0.2, 0) is 4.79 Å². The molecular formula is C16H14N4O2. The lowest BCUT2D eigenvalue weighted by molar-refractivity contribution is -0.114. The van der Waals surface area contributed by atoms with Crippen molar-refractivity contribution in [1.82, 2.24) is 15.1 Å². The van der Waals surface area contributed by atoms with Crippen molar-refractivity contribution in [3.63, 3.8) is 0 Å². The van der Waals surface area contributed by atoms with Crippen LogP contribution in [0.5, 0.6) is 0 Å². The maximum Gasteiger partial charge on any atom is 0.276 e. The molecule has 110 valence electrons. The average molecular weight is 294 g/mol. The van der Waals surface area contributed by atoms with E-state index in [-0.39, 0.29) is 5.91 Å². The molecule has 3 rings (SSSR count). The Morgan fingerprint density at radius 3 is 2.82 bits per heavy atom. The van der Waals surface area contributed by atoms with Gasteiger partial charge in [0.15, 0.2) is 0 Å². The molecule has 0 saturated heterocycles. The number of hydrogen-bond acceptors (Lipinski definition) is 5. The first kappa shape index (κ1) is 13.9. The summed E-state index contributed by atoms with van der Waals surface area (Å²) < 4.78 is 5.25. The van der Waals surface area contributed by atoms with Crippen molar-refractivity contribution in [1.29, 1.82) is 0 Å². The van der Waals surface area contributed by atoms with E-state index in [1.54, 1.807) is 12.3 Å². The van der Waals surface area contributed by atoms with E-state index in [4.69, 9.17) is 4.52 Å². The Bertz CT molecular complexity index is 812. The lowest BCUT2D eigenvalue weighted by Gasteiger charge is -2.07. The van der Waals surface area contributed by atoms with Crippen LogP contribution in [0.1, 0.15) is 12.5 Å². The Morgan fingerprint density at radius 1 is 1.23 bits per heavy atom. The van der Waals surface area contributed by atoms with E-state index in [0.29, 0.717) is 17.4 Å². The van der Waals surface area contributed by atoms with E-state index in [2.05, 4.69) is 20.4 Å². The highest BCUT2D eigenvalue weighted by atomic mass is 16.5. The predicted molar refractivity (Wildman–Crippen MR) is 82.0 cm³/mol. The van der Waals surface area contributed by atoms with Gasteiger partial charge in [-0.15, -0.1) is 0 Å². The van der Waals surface area contributed by atoms with Crippen molar-refractivity contribution in [2.24, 2.45) is 0 Å². The van der Waals surface area contributed by atoms with Crippen molar-refractivity contribution in [3.8, 4) is 23.0 Å². The second kappa shape index (κ2) is 5.77. The van der Waals surface area contributed by atoms with Gasteiger partial charge in [0.1, 0.15) is 5.69 Å². The molecule has 1 amide bonds. The highest BCUT2D eigenvalue weighted by molar-refractivity contribution is 5.90. The lowest BCUT2D eigenvalue weighted by atomic mass is 10.1. The number of carbonyl (C=O) groups is 1. The predicted octanol–water partition coefficient (Wildman–Crippen LogP) is 3.07. The lowest BCUT2D eigenvalue weighted by Crippen LogP contribution is -2.07. The van der Waals surface area contributed by atoms with E-state index in [0.717, 1.165) is 16.8 Å². The van der Waals surface area contributed by atoms with Crippen LogP contribution in [0.4, 0.5) is 5.69 Å². The van der Waals surface area contributed by atoms with E-state index in [1.165, 1.54) is 6.92 Å². The molecule has 1 N–H and O–H groups in total. The van der Waals surface area contributed by atoms with Crippen LogP contribution in [0.25, 0.3) is 23.0 Å². The molecule has 0 bridgehead atoms. The van der Waals surface area contributed by atoms with E-state index >= 15 is 0 Å². The molecule has 1 aromatic carbocycles. The van der Waals surface area contributed by atoms with E-state index < -0.39 is 0 Å². The highest BCUT2D eigenvalue weighted by Gasteiger charge is 2.12. The summed E-state index contributed by atoms with van der Waals surface area (Å²) in [5.41, 5.74) is 3.08. The Kier molecular flexibility index (Phi) is 3.65. The first-order valence-electron chi connectivity index (χ1n) is 6.77. The Morgan fingerprint density at radius 2 is 2.09 bits per heavy atom. The molecule has 2 heterocycles. The second-order valence-electron chi connectivity index (χ2n) is 4.85. The van der Waals surface area contributed by atoms with Gasteiger partial charge in [0.05, 0.1) is 0 Å². The molecule has 22 heavy (non-hydrogen) atoms. The zero-order chi connectivity index (χ0) is 15.5. The van der Waals surface area contributed by atoms with Crippen molar-refractivity contribution in [3.05, 3.63) is 48.2 Å². The van der Waals surface area contributed by atoms with Gasteiger partial charge in [-0.3, -0.25) is 9.78 Å². The van der Waals surface area contributed by atoms with Gasteiger partial charge in [-0.05, 0) is 30.7 Å². The van der Waals surface area contributed by atoms with Crippen LogP contribution in [0, 0.1) is 6.92 Å². The molecule has 6 heteroatoms. The molecule has 0 spiro atoms. The molecule has 0 unspecified atom stereocenters. The maximum atomic E-state index is 11.2. The monoisotopic (exact) mass is 294 g/mol. The molecule has 0 aliphatic rings. The normalized spacial score (nSPS) is 10.5. The number of aromatic nitrogens is 3. The standard InChI is InChI=1S/C16H14N4O2/c1-10-6-7-12(9-14(10)18-11(2)21)15-19-16(22-20-15)13-5-3-4-8-17-13/h3-9H,1-2H3,(H,18,21). The van der Waals surface area contributed by atoms with Crippen LogP contribution in [0.2, 0.25) is 0 Å². The summed E-state index contributed by atoms with van der Waals surface area (Å²) in [4.78, 5) is 19.8. The van der Waals surface area contributed by atoms with Gasteiger partial charge < -0.3 is 9.84 Å². The molecule has 0 aliphatic heterocycles. The van der Waals surface area contributed by atoms with Gasteiger partial charge in [-0.1, -0.05) is 23.4 Å². The summed E-state index contributed by atoms with van der Waals surface area (Å²) in [5.74, 6) is 0.687. The number of hydrogen-bond donors (Lipinski definition) is 1. The third-order valence-corrected chi connectivity index (χ3v) is 3.12. The van der Waals surface area contributed by atoms with Crippen LogP contribution in [-0.4, -0.2) is 21.0 Å². The summed E-state index contributed by atoms with van der Waals surface area (Å²) in [7, 11) is 0. The summed E-state index contributed by atoms with van der Waals surface area (Å²) in [5, 5.41) is 6.76. The van der Waals surface area contributed by atoms with Gasteiger partial charge in [0.2, 0.25) is 11.7 Å². The fourth-order valence-corrected chi connectivity index (χ4v) is 2.02. The van der Waals surface area contributed by atoms with Crippen LogP contribution < -0.4 is 5.32 Å². The molecule has 0 fully saturated rings. The number of nitrogens with zero attached hydrogens (tertiary/aromatic N) is 3. The number of rotatable bonds is 3. The largest absolute Gasteiger partial charge is 0.332 e. The Labute approximate surface area is 127 Å². The van der Waals surface area contributed by atoms with Crippen LogP contribution in [0.3, 0.4) is 0 Å². The summed E-state index contributed by atoms with van der Waals surface area (Å²) in [6.07, 6.45) is 1.67. The smallest absolute Gasteiger partial charge is 0.276 e.